The average molecular weight is 329 g/mol. The van der Waals surface area contributed by atoms with Crippen LogP contribution in [0.3, 0.4) is 0 Å². The van der Waals surface area contributed by atoms with E-state index in [9.17, 15) is 17.9 Å². The Morgan fingerprint density at radius 3 is 2.67 bits per heavy atom. The quantitative estimate of drug-likeness (QED) is 0.885. The van der Waals surface area contributed by atoms with Crippen molar-refractivity contribution in [1.29, 1.82) is 0 Å². The first kappa shape index (κ1) is 16.1. The monoisotopic (exact) mass is 329 g/mol. The number of benzene rings is 1. The summed E-state index contributed by atoms with van der Waals surface area (Å²) < 4.78 is 39.9. The first-order valence-corrected chi connectivity index (χ1v) is 8.61. The molecule has 1 heterocycles. The predicted octanol–water partition coefficient (Wildman–Crippen LogP) is 2.38. The van der Waals surface area contributed by atoms with Crippen molar-refractivity contribution in [1.82, 2.24) is 4.72 Å². The van der Waals surface area contributed by atoms with Crippen LogP contribution >= 0.6 is 11.3 Å². The molecule has 2 N–H and O–H groups in total. The van der Waals surface area contributed by atoms with Crippen molar-refractivity contribution in [2.75, 3.05) is 6.54 Å². The van der Waals surface area contributed by atoms with Crippen molar-refractivity contribution in [2.24, 2.45) is 0 Å². The molecule has 0 aliphatic heterocycles. The Balaban J connectivity index is 2.19. The number of hydrogen-bond donors (Lipinski definition) is 2. The summed E-state index contributed by atoms with van der Waals surface area (Å²) in [5.41, 5.74) is -0.979. The van der Waals surface area contributed by atoms with E-state index < -0.39 is 21.4 Å². The number of sulfonamides is 1. The smallest absolute Gasteiger partial charge is 0.240 e. The van der Waals surface area contributed by atoms with Gasteiger partial charge in [-0.2, -0.15) is 0 Å². The topological polar surface area (TPSA) is 66.4 Å². The molecule has 0 radical (unpaired) electrons. The zero-order valence-corrected chi connectivity index (χ0v) is 13.3. The van der Waals surface area contributed by atoms with Crippen LogP contribution in [0, 0.1) is 12.7 Å². The maximum Gasteiger partial charge on any atom is 0.240 e. The molecule has 0 fully saturated rings. The van der Waals surface area contributed by atoms with Gasteiger partial charge in [-0.05, 0) is 49.1 Å². The van der Waals surface area contributed by atoms with Gasteiger partial charge in [-0.15, -0.1) is 11.3 Å². The van der Waals surface area contributed by atoms with Crippen LogP contribution in [0.15, 0.2) is 40.6 Å². The summed E-state index contributed by atoms with van der Waals surface area (Å²) in [6.07, 6.45) is 0. The molecule has 0 aliphatic carbocycles. The number of nitrogens with one attached hydrogen (secondary N) is 1. The fourth-order valence-electron chi connectivity index (χ4n) is 1.90. The van der Waals surface area contributed by atoms with Gasteiger partial charge in [-0.1, -0.05) is 6.07 Å². The van der Waals surface area contributed by atoms with Crippen molar-refractivity contribution in [3.63, 3.8) is 0 Å². The van der Waals surface area contributed by atoms with Crippen LogP contribution < -0.4 is 4.72 Å². The van der Waals surface area contributed by atoms with Gasteiger partial charge >= 0.3 is 0 Å². The average Bonchev–Trinajstić information content (AvgIpc) is 2.91. The van der Waals surface area contributed by atoms with Crippen molar-refractivity contribution in [2.45, 2.75) is 24.3 Å². The molecule has 1 aromatic heterocycles. The highest BCUT2D eigenvalue weighted by Gasteiger charge is 2.27. The number of halogens is 1. The zero-order chi connectivity index (χ0) is 15.7. The lowest BCUT2D eigenvalue weighted by molar-refractivity contribution is 0.0666. The minimum absolute atomic E-state index is 0.00544. The van der Waals surface area contributed by atoms with Crippen LogP contribution in [-0.4, -0.2) is 20.1 Å². The lowest BCUT2D eigenvalue weighted by atomic mass is 10.1. The van der Waals surface area contributed by atoms with E-state index in [0.717, 1.165) is 12.1 Å². The molecule has 0 amide bonds. The summed E-state index contributed by atoms with van der Waals surface area (Å²) in [4.78, 5) is 0.673. The molecule has 0 unspecified atom stereocenters. The first-order valence-electron chi connectivity index (χ1n) is 6.24. The van der Waals surface area contributed by atoms with E-state index in [2.05, 4.69) is 4.72 Å². The van der Waals surface area contributed by atoms with Crippen LogP contribution in [0.25, 0.3) is 0 Å². The molecule has 21 heavy (non-hydrogen) atoms. The number of aryl methyl sites for hydroxylation is 1. The van der Waals surface area contributed by atoms with Crippen LogP contribution in [0.4, 0.5) is 4.39 Å². The summed E-state index contributed by atoms with van der Waals surface area (Å²) in [5.74, 6) is -0.489. The maximum absolute atomic E-state index is 13.0. The van der Waals surface area contributed by atoms with Crippen molar-refractivity contribution in [3.8, 4) is 0 Å². The van der Waals surface area contributed by atoms with E-state index in [4.69, 9.17) is 0 Å². The second-order valence-electron chi connectivity index (χ2n) is 4.99. The highest BCUT2D eigenvalue weighted by molar-refractivity contribution is 7.89. The van der Waals surface area contributed by atoms with E-state index in [1.165, 1.54) is 24.3 Å². The Morgan fingerprint density at radius 1 is 1.38 bits per heavy atom. The molecule has 2 aromatic rings. The van der Waals surface area contributed by atoms with Gasteiger partial charge in [0.25, 0.3) is 0 Å². The molecule has 0 aliphatic rings. The normalized spacial score (nSPS) is 14.9. The molecule has 2 rings (SSSR count). The molecule has 0 saturated carbocycles. The molecular weight excluding hydrogens is 313 g/mol. The van der Waals surface area contributed by atoms with Crippen LogP contribution in [0.1, 0.15) is 17.4 Å². The van der Waals surface area contributed by atoms with Crippen molar-refractivity contribution >= 4 is 21.4 Å². The molecule has 0 spiro atoms. The Morgan fingerprint density at radius 2 is 2.10 bits per heavy atom. The molecule has 1 atom stereocenters. The van der Waals surface area contributed by atoms with Gasteiger partial charge in [0.1, 0.15) is 11.4 Å². The van der Waals surface area contributed by atoms with E-state index in [-0.39, 0.29) is 11.4 Å². The molecular formula is C14H16FNO3S2. The second-order valence-corrected chi connectivity index (χ2v) is 7.67. The van der Waals surface area contributed by atoms with Crippen LogP contribution in [0.2, 0.25) is 0 Å². The van der Waals surface area contributed by atoms with E-state index in [1.807, 2.05) is 5.38 Å². The largest absolute Gasteiger partial charge is 0.383 e. The molecule has 1 aromatic carbocycles. The molecule has 114 valence electrons. The minimum Gasteiger partial charge on any atom is -0.383 e. The third-order valence-corrected chi connectivity index (χ3v) is 5.77. The van der Waals surface area contributed by atoms with E-state index in [1.54, 1.807) is 19.1 Å². The number of rotatable bonds is 5. The minimum atomic E-state index is -3.80. The zero-order valence-electron chi connectivity index (χ0n) is 11.6. The predicted molar refractivity (Wildman–Crippen MR) is 80.2 cm³/mol. The standard InChI is InChI=1S/C14H16FNO3S2/c1-10-8-11(15)5-6-12(10)21(18,19)16-9-14(2,17)13-4-3-7-20-13/h3-8,16-17H,9H2,1-2H3/t14-/m0/s1. The van der Waals surface area contributed by atoms with Gasteiger partial charge in [0, 0.05) is 11.4 Å². The molecule has 0 saturated heterocycles. The Labute approximate surface area is 127 Å². The van der Waals surface area contributed by atoms with E-state index in [0.29, 0.717) is 10.4 Å². The molecule has 4 nitrogen and oxygen atoms in total. The number of aliphatic hydroxyl groups is 1. The third-order valence-electron chi connectivity index (χ3n) is 3.08. The Bertz CT molecular complexity index is 725. The van der Waals surface area contributed by atoms with Gasteiger partial charge in [0.15, 0.2) is 0 Å². The highest BCUT2D eigenvalue weighted by Crippen LogP contribution is 2.25. The van der Waals surface area contributed by atoms with Gasteiger partial charge in [-0.25, -0.2) is 17.5 Å². The summed E-state index contributed by atoms with van der Waals surface area (Å²) in [5, 5.41) is 12.1. The summed E-state index contributed by atoms with van der Waals surface area (Å²) in [6.45, 7) is 2.90. The first-order chi connectivity index (χ1) is 9.72. The fraction of sp³-hybridized carbons (Fsp3) is 0.286. The maximum atomic E-state index is 13.0. The van der Waals surface area contributed by atoms with Gasteiger partial charge in [0.2, 0.25) is 10.0 Å². The SMILES string of the molecule is Cc1cc(F)ccc1S(=O)(=O)NC[C@](C)(O)c1cccs1. The van der Waals surface area contributed by atoms with E-state index >= 15 is 0 Å². The number of thiophene rings is 1. The summed E-state index contributed by atoms with van der Waals surface area (Å²) in [7, 11) is -3.80. The second kappa shape index (κ2) is 5.84. The lowest BCUT2D eigenvalue weighted by Crippen LogP contribution is -2.38. The third kappa shape index (κ3) is 3.68. The summed E-state index contributed by atoms with van der Waals surface area (Å²) >= 11 is 1.35. The van der Waals surface area contributed by atoms with Gasteiger partial charge in [0.05, 0.1) is 4.90 Å². The van der Waals surface area contributed by atoms with Gasteiger partial charge < -0.3 is 5.11 Å². The van der Waals surface area contributed by atoms with Crippen molar-refractivity contribution in [3.05, 3.63) is 52.0 Å². The van der Waals surface area contributed by atoms with Crippen molar-refractivity contribution < 1.29 is 17.9 Å². The van der Waals surface area contributed by atoms with Crippen LogP contribution in [0.5, 0.6) is 0 Å². The highest BCUT2D eigenvalue weighted by atomic mass is 32.2. The Hall–Kier alpha value is -1.28. The summed E-state index contributed by atoms with van der Waals surface area (Å²) in [6, 6.07) is 6.99. The lowest BCUT2D eigenvalue weighted by Gasteiger charge is -2.22. The van der Waals surface area contributed by atoms with Gasteiger partial charge in [-0.3, -0.25) is 0 Å². The molecule has 7 heteroatoms. The number of hydrogen-bond acceptors (Lipinski definition) is 4. The molecule has 0 bridgehead atoms. The fourth-order valence-corrected chi connectivity index (χ4v) is 4.04. The Kier molecular flexibility index (Phi) is 4.48. The van der Waals surface area contributed by atoms with Crippen LogP contribution in [-0.2, 0) is 15.6 Å².